The van der Waals surface area contributed by atoms with Crippen LogP contribution in [0.5, 0.6) is 0 Å². The lowest BCUT2D eigenvalue weighted by molar-refractivity contribution is -0.123. The fourth-order valence-electron chi connectivity index (χ4n) is 1.36. The molecule has 1 atom stereocenters. The van der Waals surface area contributed by atoms with Gasteiger partial charge >= 0.3 is 0 Å². The van der Waals surface area contributed by atoms with Crippen LogP contribution in [0.25, 0.3) is 0 Å². The Hall–Kier alpha value is -1.39. The van der Waals surface area contributed by atoms with Crippen LogP contribution in [0.3, 0.4) is 0 Å². The average Bonchev–Trinajstić information content (AvgIpc) is 2.16. The minimum absolute atomic E-state index is 0.387. The summed E-state index contributed by atoms with van der Waals surface area (Å²) in [4.78, 5) is 13.3. The van der Waals surface area contributed by atoms with Crippen molar-refractivity contribution >= 4 is 11.6 Å². The number of hydrogen-bond donors (Lipinski definition) is 2. The third-order valence-corrected chi connectivity index (χ3v) is 2.07. The molecule has 1 aromatic carbocycles. The molecule has 0 aliphatic carbocycles. The Balaban J connectivity index is 2.71. The van der Waals surface area contributed by atoms with Crippen LogP contribution in [0.4, 0.5) is 5.69 Å². The smallest absolute Gasteiger partial charge is 0.252 e. The molecular formula is C12H18N2O2. The molecule has 0 aliphatic heterocycles. The van der Waals surface area contributed by atoms with E-state index in [2.05, 4.69) is 10.2 Å². The van der Waals surface area contributed by atoms with Gasteiger partial charge in [0.05, 0.1) is 0 Å². The fraction of sp³-hybridized carbons (Fsp3) is 0.417. The highest BCUT2D eigenvalue weighted by Gasteiger charge is 2.08. The molecule has 1 aromatic rings. The van der Waals surface area contributed by atoms with E-state index < -0.39 is 6.10 Å². The molecule has 0 heterocycles. The molecule has 16 heavy (non-hydrogen) atoms. The molecule has 1 amide bonds. The van der Waals surface area contributed by atoms with E-state index in [1.54, 1.807) is 6.07 Å². The summed E-state index contributed by atoms with van der Waals surface area (Å²) in [7, 11) is 3.97. The number of carbonyl (C=O) groups excluding carboxylic acids is 1. The van der Waals surface area contributed by atoms with Crippen LogP contribution in [-0.2, 0) is 11.3 Å². The molecule has 0 aromatic heterocycles. The van der Waals surface area contributed by atoms with Crippen molar-refractivity contribution < 1.29 is 9.90 Å². The quantitative estimate of drug-likeness (QED) is 0.801. The van der Waals surface area contributed by atoms with Gasteiger partial charge in [0.15, 0.2) is 0 Å². The Morgan fingerprint density at radius 3 is 2.75 bits per heavy atom. The summed E-state index contributed by atoms with van der Waals surface area (Å²) in [6.45, 7) is 2.26. The van der Waals surface area contributed by atoms with E-state index in [1.807, 2.05) is 32.3 Å². The first kappa shape index (κ1) is 12.7. The van der Waals surface area contributed by atoms with Crippen LogP contribution in [0.2, 0.25) is 0 Å². The van der Waals surface area contributed by atoms with Crippen molar-refractivity contribution in [1.82, 2.24) is 4.90 Å². The maximum Gasteiger partial charge on any atom is 0.252 e. The van der Waals surface area contributed by atoms with E-state index >= 15 is 0 Å². The maximum absolute atomic E-state index is 11.3. The summed E-state index contributed by atoms with van der Waals surface area (Å²) in [5.41, 5.74) is 1.83. The van der Waals surface area contributed by atoms with Gasteiger partial charge in [-0.3, -0.25) is 4.79 Å². The molecule has 1 unspecified atom stereocenters. The van der Waals surface area contributed by atoms with Crippen LogP contribution in [0, 0.1) is 0 Å². The first-order valence-corrected chi connectivity index (χ1v) is 5.21. The molecule has 4 heteroatoms. The van der Waals surface area contributed by atoms with Crippen molar-refractivity contribution in [2.45, 2.75) is 19.6 Å². The molecule has 1 rings (SSSR count). The number of aliphatic hydroxyl groups is 1. The lowest BCUT2D eigenvalue weighted by atomic mass is 10.2. The van der Waals surface area contributed by atoms with E-state index in [4.69, 9.17) is 5.11 Å². The molecule has 2 N–H and O–H groups in total. The number of aliphatic hydroxyl groups excluding tert-OH is 1. The van der Waals surface area contributed by atoms with Crippen molar-refractivity contribution in [2.75, 3.05) is 19.4 Å². The van der Waals surface area contributed by atoms with Crippen LogP contribution in [0.1, 0.15) is 12.5 Å². The van der Waals surface area contributed by atoms with Gasteiger partial charge in [-0.05, 0) is 38.7 Å². The number of nitrogens with one attached hydrogen (secondary N) is 1. The Morgan fingerprint density at radius 1 is 1.50 bits per heavy atom. The minimum Gasteiger partial charge on any atom is -0.384 e. The monoisotopic (exact) mass is 222 g/mol. The Labute approximate surface area is 95.9 Å². The number of amides is 1. The number of benzene rings is 1. The highest BCUT2D eigenvalue weighted by Crippen LogP contribution is 2.12. The van der Waals surface area contributed by atoms with E-state index in [1.165, 1.54) is 6.92 Å². The van der Waals surface area contributed by atoms with Gasteiger partial charge in [-0.25, -0.2) is 0 Å². The van der Waals surface area contributed by atoms with Crippen LogP contribution < -0.4 is 5.32 Å². The van der Waals surface area contributed by atoms with Crippen LogP contribution in [0.15, 0.2) is 24.3 Å². The maximum atomic E-state index is 11.3. The molecule has 0 saturated heterocycles. The number of nitrogens with zero attached hydrogens (tertiary/aromatic N) is 1. The predicted molar refractivity (Wildman–Crippen MR) is 64.1 cm³/mol. The molecule has 0 spiro atoms. The lowest BCUT2D eigenvalue weighted by Gasteiger charge is -2.12. The van der Waals surface area contributed by atoms with Crippen molar-refractivity contribution in [2.24, 2.45) is 0 Å². The summed E-state index contributed by atoms with van der Waals surface area (Å²) in [6.07, 6.45) is -0.988. The number of rotatable bonds is 4. The second kappa shape index (κ2) is 5.63. The SMILES string of the molecule is CC(O)C(=O)Nc1cccc(CN(C)C)c1. The van der Waals surface area contributed by atoms with Gasteiger partial charge in [-0.15, -0.1) is 0 Å². The third-order valence-electron chi connectivity index (χ3n) is 2.07. The fourth-order valence-corrected chi connectivity index (χ4v) is 1.36. The van der Waals surface area contributed by atoms with Crippen LogP contribution in [-0.4, -0.2) is 36.1 Å². The molecule has 0 saturated carbocycles. The molecule has 0 aliphatic rings. The van der Waals surface area contributed by atoms with Gasteiger partial charge < -0.3 is 15.3 Å². The first-order valence-electron chi connectivity index (χ1n) is 5.21. The minimum atomic E-state index is -0.988. The largest absolute Gasteiger partial charge is 0.384 e. The zero-order valence-corrected chi connectivity index (χ0v) is 9.90. The summed E-state index contributed by atoms with van der Waals surface area (Å²) in [5, 5.41) is 11.7. The molecule has 0 fully saturated rings. The van der Waals surface area contributed by atoms with Gasteiger partial charge in [0.1, 0.15) is 6.10 Å². The average molecular weight is 222 g/mol. The van der Waals surface area contributed by atoms with E-state index in [0.717, 1.165) is 12.1 Å². The van der Waals surface area contributed by atoms with Gasteiger partial charge in [0, 0.05) is 12.2 Å². The van der Waals surface area contributed by atoms with Crippen molar-refractivity contribution in [1.29, 1.82) is 0 Å². The second-order valence-electron chi connectivity index (χ2n) is 4.10. The zero-order valence-electron chi connectivity index (χ0n) is 9.90. The van der Waals surface area contributed by atoms with Gasteiger partial charge in [0.2, 0.25) is 0 Å². The molecule has 0 radical (unpaired) electrons. The van der Waals surface area contributed by atoms with Crippen LogP contribution >= 0.6 is 0 Å². The topological polar surface area (TPSA) is 52.6 Å². The highest BCUT2D eigenvalue weighted by atomic mass is 16.3. The Kier molecular flexibility index (Phi) is 4.46. The first-order chi connectivity index (χ1) is 7.49. The number of hydrogen-bond acceptors (Lipinski definition) is 3. The number of carbonyl (C=O) groups is 1. The molecular weight excluding hydrogens is 204 g/mol. The van der Waals surface area contributed by atoms with Crippen molar-refractivity contribution in [3.8, 4) is 0 Å². The van der Waals surface area contributed by atoms with Crippen molar-refractivity contribution in [3.05, 3.63) is 29.8 Å². The van der Waals surface area contributed by atoms with E-state index in [9.17, 15) is 4.79 Å². The Bertz CT molecular complexity index is 362. The normalized spacial score (nSPS) is 12.6. The summed E-state index contributed by atoms with van der Waals surface area (Å²) >= 11 is 0. The predicted octanol–water partition coefficient (Wildman–Crippen LogP) is 1.07. The molecule has 0 bridgehead atoms. The standard InChI is InChI=1S/C12H18N2O2/c1-9(15)12(16)13-11-6-4-5-10(7-11)8-14(2)3/h4-7,9,15H,8H2,1-3H3,(H,13,16). The summed E-state index contributed by atoms with van der Waals surface area (Å²) in [6, 6.07) is 7.59. The zero-order chi connectivity index (χ0) is 12.1. The van der Waals surface area contributed by atoms with Gasteiger partial charge in [-0.2, -0.15) is 0 Å². The van der Waals surface area contributed by atoms with Crippen molar-refractivity contribution in [3.63, 3.8) is 0 Å². The summed E-state index contributed by atoms with van der Waals surface area (Å²) in [5.74, 6) is -0.387. The lowest BCUT2D eigenvalue weighted by Crippen LogP contribution is -2.24. The van der Waals surface area contributed by atoms with E-state index in [0.29, 0.717) is 5.69 Å². The van der Waals surface area contributed by atoms with E-state index in [-0.39, 0.29) is 5.91 Å². The third kappa shape index (κ3) is 4.00. The summed E-state index contributed by atoms with van der Waals surface area (Å²) < 4.78 is 0. The molecule has 4 nitrogen and oxygen atoms in total. The van der Waals surface area contributed by atoms with Gasteiger partial charge in [-0.1, -0.05) is 12.1 Å². The highest BCUT2D eigenvalue weighted by molar-refractivity contribution is 5.93. The Morgan fingerprint density at radius 2 is 2.19 bits per heavy atom. The van der Waals surface area contributed by atoms with Gasteiger partial charge in [0.25, 0.3) is 5.91 Å². The number of anilines is 1. The molecule has 88 valence electrons. The second-order valence-corrected chi connectivity index (χ2v) is 4.10.